The third-order valence-electron chi connectivity index (χ3n) is 2.03. The standard InChI is InChI=1S/C12H11BrN2O3/c13-10-4-1-3-9(7-16)12(10)18-8-11(17)15-6-2-5-14/h1,3-4,7H,2,6,8H2,(H,15,17). The third kappa shape index (κ3) is 4.18. The van der Waals surface area contributed by atoms with Crippen LogP contribution in [-0.2, 0) is 4.79 Å². The Morgan fingerprint density at radius 2 is 2.33 bits per heavy atom. The third-order valence-corrected chi connectivity index (χ3v) is 2.66. The second-order valence-electron chi connectivity index (χ2n) is 3.32. The highest BCUT2D eigenvalue weighted by molar-refractivity contribution is 9.10. The zero-order chi connectivity index (χ0) is 13.4. The summed E-state index contributed by atoms with van der Waals surface area (Å²) in [6, 6.07) is 6.93. The number of nitriles is 1. The van der Waals surface area contributed by atoms with Gasteiger partial charge >= 0.3 is 0 Å². The van der Waals surface area contributed by atoms with Crippen LogP contribution in [0.1, 0.15) is 16.8 Å². The molecule has 0 aliphatic rings. The molecule has 0 unspecified atom stereocenters. The van der Waals surface area contributed by atoms with Crippen molar-refractivity contribution in [1.82, 2.24) is 5.32 Å². The SMILES string of the molecule is N#CCCNC(=O)COc1c(Br)cccc1C=O. The van der Waals surface area contributed by atoms with Crippen molar-refractivity contribution in [2.45, 2.75) is 6.42 Å². The van der Waals surface area contributed by atoms with E-state index < -0.39 is 0 Å². The van der Waals surface area contributed by atoms with E-state index in [1.807, 2.05) is 6.07 Å². The van der Waals surface area contributed by atoms with Crippen molar-refractivity contribution in [2.24, 2.45) is 0 Å². The lowest BCUT2D eigenvalue weighted by atomic mass is 10.2. The Hall–Kier alpha value is -1.87. The van der Waals surface area contributed by atoms with Gasteiger partial charge in [0.05, 0.1) is 22.5 Å². The summed E-state index contributed by atoms with van der Waals surface area (Å²) in [5.41, 5.74) is 0.370. The average Bonchev–Trinajstić information content (AvgIpc) is 2.37. The van der Waals surface area contributed by atoms with E-state index in [0.29, 0.717) is 22.1 Å². The lowest BCUT2D eigenvalue weighted by Gasteiger charge is -2.10. The summed E-state index contributed by atoms with van der Waals surface area (Å²) in [6.07, 6.45) is 0.911. The summed E-state index contributed by atoms with van der Waals surface area (Å²) >= 11 is 3.24. The number of nitrogens with zero attached hydrogens (tertiary/aromatic N) is 1. The van der Waals surface area contributed by atoms with Gasteiger partial charge in [0.15, 0.2) is 12.9 Å². The largest absolute Gasteiger partial charge is 0.482 e. The minimum Gasteiger partial charge on any atom is -0.482 e. The molecule has 0 aromatic heterocycles. The van der Waals surface area contributed by atoms with Crippen LogP contribution in [0.3, 0.4) is 0 Å². The maximum Gasteiger partial charge on any atom is 0.257 e. The van der Waals surface area contributed by atoms with Crippen molar-refractivity contribution in [2.75, 3.05) is 13.2 Å². The molecule has 94 valence electrons. The number of carbonyl (C=O) groups excluding carboxylic acids is 2. The van der Waals surface area contributed by atoms with Crippen LogP contribution < -0.4 is 10.1 Å². The summed E-state index contributed by atoms with van der Waals surface area (Å²) in [6.45, 7) is 0.0874. The second kappa shape index (κ2) is 7.45. The predicted molar refractivity (Wildman–Crippen MR) is 68.3 cm³/mol. The number of ether oxygens (including phenoxy) is 1. The summed E-state index contributed by atoms with van der Waals surface area (Å²) in [5, 5.41) is 10.8. The van der Waals surface area contributed by atoms with Crippen LogP contribution in [0.15, 0.2) is 22.7 Å². The topological polar surface area (TPSA) is 79.2 Å². The van der Waals surface area contributed by atoms with Crippen molar-refractivity contribution < 1.29 is 14.3 Å². The quantitative estimate of drug-likeness (QED) is 0.640. The number of halogens is 1. The van der Waals surface area contributed by atoms with Crippen LogP contribution in [0, 0.1) is 11.3 Å². The highest BCUT2D eigenvalue weighted by Crippen LogP contribution is 2.27. The Bertz CT molecular complexity index is 483. The first-order chi connectivity index (χ1) is 8.69. The van der Waals surface area contributed by atoms with E-state index in [4.69, 9.17) is 10.00 Å². The molecular weight excluding hydrogens is 300 g/mol. The van der Waals surface area contributed by atoms with Crippen LogP contribution >= 0.6 is 15.9 Å². The summed E-state index contributed by atoms with van der Waals surface area (Å²) in [7, 11) is 0. The van der Waals surface area contributed by atoms with E-state index in [9.17, 15) is 9.59 Å². The van der Waals surface area contributed by atoms with Crippen LogP contribution in [0.25, 0.3) is 0 Å². The molecule has 18 heavy (non-hydrogen) atoms. The van der Waals surface area contributed by atoms with Gasteiger partial charge in [-0.15, -0.1) is 0 Å². The molecule has 1 amide bonds. The average molecular weight is 311 g/mol. The molecule has 0 aliphatic heterocycles. The lowest BCUT2D eigenvalue weighted by Crippen LogP contribution is -2.29. The van der Waals surface area contributed by atoms with Gasteiger partial charge in [-0.2, -0.15) is 5.26 Å². The molecule has 0 saturated heterocycles. The first-order valence-electron chi connectivity index (χ1n) is 5.19. The fourth-order valence-corrected chi connectivity index (χ4v) is 1.71. The molecule has 6 heteroatoms. The molecule has 0 heterocycles. The molecule has 1 rings (SSSR count). The molecule has 1 N–H and O–H groups in total. The molecule has 1 aromatic carbocycles. The number of nitrogens with one attached hydrogen (secondary N) is 1. The summed E-state index contributed by atoms with van der Waals surface area (Å²) in [4.78, 5) is 22.2. The monoisotopic (exact) mass is 310 g/mol. The molecule has 0 aliphatic carbocycles. The maximum absolute atomic E-state index is 11.4. The van der Waals surface area contributed by atoms with Gasteiger partial charge in [0, 0.05) is 6.54 Å². The van der Waals surface area contributed by atoms with Crippen LogP contribution in [0.2, 0.25) is 0 Å². The Morgan fingerprint density at radius 1 is 1.56 bits per heavy atom. The number of aldehydes is 1. The number of hydrogen-bond acceptors (Lipinski definition) is 4. The fraction of sp³-hybridized carbons (Fsp3) is 0.250. The van der Waals surface area contributed by atoms with Gasteiger partial charge in [-0.05, 0) is 28.1 Å². The molecule has 0 saturated carbocycles. The molecule has 0 atom stereocenters. The molecule has 1 aromatic rings. The number of rotatable bonds is 6. The molecule has 5 nitrogen and oxygen atoms in total. The van der Waals surface area contributed by atoms with E-state index in [2.05, 4.69) is 21.2 Å². The van der Waals surface area contributed by atoms with E-state index >= 15 is 0 Å². The number of carbonyl (C=O) groups is 2. The normalized spacial score (nSPS) is 9.33. The Balaban J connectivity index is 2.56. The lowest BCUT2D eigenvalue weighted by molar-refractivity contribution is -0.123. The number of amides is 1. The summed E-state index contributed by atoms with van der Waals surface area (Å²) in [5.74, 6) is 0.000727. The zero-order valence-electron chi connectivity index (χ0n) is 9.48. The number of hydrogen-bond donors (Lipinski definition) is 1. The first-order valence-corrected chi connectivity index (χ1v) is 5.98. The molecule has 0 bridgehead atoms. The number of para-hydroxylation sites is 1. The van der Waals surface area contributed by atoms with Gasteiger partial charge in [0.1, 0.15) is 5.75 Å². The van der Waals surface area contributed by atoms with Gasteiger partial charge in [0.2, 0.25) is 0 Å². The van der Waals surface area contributed by atoms with Gasteiger partial charge in [-0.25, -0.2) is 0 Å². The fourth-order valence-electron chi connectivity index (χ4n) is 1.22. The van der Waals surface area contributed by atoms with Gasteiger partial charge < -0.3 is 10.1 Å². The van der Waals surface area contributed by atoms with Gasteiger partial charge in [-0.3, -0.25) is 9.59 Å². The Labute approximate surface area is 113 Å². The zero-order valence-corrected chi connectivity index (χ0v) is 11.1. The molecule has 0 radical (unpaired) electrons. The van der Waals surface area contributed by atoms with Crippen molar-refractivity contribution in [3.05, 3.63) is 28.2 Å². The summed E-state index contributed by atoms with van der Waals surface area (Å²) < 4.78 is 5.89. The minimum absolute atomic E-state index is 0.200. The predicted octanol–water partition coefficient (Wildman–Crippen LogP) is 1.67. The van der Waals surface area contributed by atoms with Crippen molar-refractivity contribution in [3.8, 4) is 11.8 Å². The van der Waals surface area contributed by atoms with E-state index in [-0.39, 0.29) is 25.5 Å². The smallest absolute Gasteiger partial charge is 0.257 e. The molecule has 0 fully saturated rings. The second-order valence-corrected chi connectivity index (χ2v) is 4.18. The number of benzene rings is 1. The van der Waals surface area contributed by atoms with Gasteiger partial charge in [0.25, 0.3) is 5.91 Å². The Morgan fingerprint density at radius 3 is 3.00 bits per heavy atom. The van der Waals surface area contributed by atoms with Crippen LogP contribution in [-0.4, -0.2) is 25.3 Å². The van der Waals surface area contributed by atoms with Crippen LogP contribution in [0.4, 0.5) is 0 Å². The van der Waals surface area contributed by atoms with Crippen molar-refractivity contribution >= 4 is 28.1 Å². The first kappa shape index (κ1) is 14.2. The molecular formula is C12H11BrN2O3. The van der Waals surface area contributed by atoms with Crippen LogP contribution in [0.5, 0.6) is 5.75 Å². The Kier molecular flexibility index (Phi) is 5.88. The maximum atomic E-state index is 11.4. The highest BCUT2D eigenvalue weighted by Gasteiger charge is 2.09. The van der Waals surface area contributed by atoms with Crippen molar-refractivity contribution in [3.63, 3.8) is 0 Å². The van der Waals surface area contributed by atoms with E-state index in [1.165, 1.54) is 0 Å². The molecule has 0 spiro atoms. The van der Waals surface area contributed by atoms with Gasteiger partial charge in [-0.1, -0.05) is 6.07 Å². The highest BCUT2D eigenvalue weighted by atomic mass is 79.9. The van der Waals surface area contributed by atoms with E-state index in [1.54, 1.807) is 18.2 Å². The van der Waals surface area contributed by atoms with E-state index in [0.717, 1.165) is 0 Å². The minimum atomic E-state index is -0.335. The van der Waals surface area contributed by atoms with Crippen molar-refractivity contribution in [1.29, 1.82) is 5.26 Å².